The maximum Gasteiger partial charge on any atom is 0.236 e. The molecule has 126 valence electrons. The highest BCUT2D eigenvalue weighted by Crippen LogP contribution is 2.28. The summed E-state index contributed by atoms with van der Waals surface area (Å²) in [7, 11) is 0. The van der Waals surface area contributed by atoms with Gasteiger partial charge in [-0.05, 0) is 26.7 Å². The van der Waals surface area contributed by atoms with Crippen LogP contribution in [0.15, 0.2) is 4.52 Å². The van der Waals surface area contributed by atoms with Crippen molar-refractivity contribution >= 4 is 34.1 Å². The van der Waals surface area contributed by atoms with Crippen molar-refractivity contribution in [1.82, 2.24) is 15.4 Å². The SMILES string of the molecule is CCC(CC)c1nnc(NC(=O)CSCc2c(C)noc2C)s1. The number of aromatic nitrogens is 3. The Bertz CT molecular complexity index is 630. The topological polar surface area (TPSA) is 80.9 Å². The van der Waals surface area contributed by atoms with Crippen molar-refractivity contribution in [2.45, 2.75) is 52.2 Å². The number of hydrogen-bond donors (Lipinski definition) is 1. The van der Waals surface area contributed by atoms with Crippen LogP contribution >= 0.6 is 23.1 Å². The van der Waals surface area contributed by atoms with Gasteiger partial charge in [0.05, 0.1) is 11.4 Å². The first kappa shape index (κ1) is 17.9. The molecule has 0 aliphatic carbocycles. The summed E-state index contributed by atoms with van der Waals surface area (Å²) in [5, 5.41) is 16.5. The predicted molar refractivity (Wildman–Crippen MR) is 94.0 cm³/mol. The molecular formula is C15H22N4O2S2. The Morgan fingerprint density at radius 3 is 2.65 bits per heavy atom. The molecule has 8 heteroatoms. The lowest BCUT2D eigenvalue weighted by molar-refractivity contribution is -0.113. The minimum Gasteiger partial charge on any atom is -0.361 e. The van der Waals surface area contributed by atoms with Crippen LogP contribution in [0.4, 0.5) is 5.13 Å². The molecule has 1 N–H and O–H groups in total. The highest BCUT2D eigenvalue weighted by atomic mass is 32.2. The van der Waals surface area contributed by atoms with Gasteiger partial charge in [0.15, 0.2) is 0 Å². The zero-order valence-electron chi connectivity index (χ0n) is 13.9. The third-order valence-electron chi connectivity index (χ3n) is 3.68. The number of carbonyl (C=O) groups excluding carboxylic acids is 1. The van der Waals surface area contributed by atoms with Crippen LogP contribution in [0.1, 0.15) is 54.6 Å². The van der Waals surface area contributed by atoms with Crippen molar-refractivity contribution < 1.29 is 9.32 Å². The van der Waals surface area contributed by atoms with E-state index in [1.165, 1.54) is 23.1 Å². The molecule has 0 spiro atoms. The van der Waals surface area contributed by atoms with Crippen molar-refractivity contribution in [3.05, 3.63) is 22.0 Å². The largest absolute Gasteiger partial charge is 0.361 e. The molecule has 2 rings (SSSR count). The summed E-state index contributed by atoms with van der Waals surface area (Å²) in [6.07, 6.45) is 2.07. The molecule has 0 radical (unpaired) electrons. The number of thioether (sulfide) groups is 1. The lowest BCUT2D eigenvalue weighted by Crippen LogP contribution is -2.14. The Balaban J connectivity index is 1.81. The minimum atomic E-state index is -0.0611. The van der Waals surface area contributed by atoms with Gasteiger partial charge in [0.25, 0.3) is 0 Å². The number of rotatable bonds is 8. The van der Waals surface area contributed by atoms with Crippen LogP contribution in [-0.4, -0.2) is 27.0 Å². The van der Waals surface area contributed by atoms with Crippen LogP contribution in [0.25, 0.3) is 0 Å². The Morgan fingerprint density at radius 2 is 2.04 bits per heavy atom. The summed E-state index contributed by atoms with van der Waals surface area (Å²) in [6, 6.07) is 0. The first-order valence-corrected chi connectivity index (χ1v) is 9.64. The molecule has 0 atom stereocenters. The fourth-order valence-electron chi connectivity index (χ4n) is 2.20. The van der Waals surface area contributed by atoms with Crippen LogP contribution in [0, 0.1) is 13.8 Å². The molecular weight excluding hydrogens is 332 g/mol. The summed E-state index contributed by atoms with van der Waals surface area (Å²) in [5.41, 5.74) is 1.95. The molecule has 0 fully saturated rings. The zero-order chi connectivity index (χ0) is 16.8. The Kier molecular flexibility index (Phi) is 6.59. The fraction of sp³-hybridized carbons (Fsp3) is 0.600. The van der Waals surface area contributed by atoms with Crippen LogP contribution in [-0.2, 0) is 10.5 Å². The highest BCUT2D eigenvalue weighted by molar-refractivity contribution is 7.99. The lowest BCUT2D eigenvalue weighted by atomic mass is 10.1. The highest BCUT2D eigenvalue weighted by Gasteiger charge is 2.15. The van der Waals surface area contributed by atoms with E-state index in [1.54, 1.807) is 0 Å². The van der Waals surface area contributed by atoms with Gasteiger partial charge in [-0.25, -0.2) is 0 Å². The van der Waals surface area contributed by atoms with Crippen molar-refractivity contribution in [1.29, 1.82) is 0 Å². The van der Waals surface area contributed by atoms with E-state index >= 15 is 0 Å². The van der Waals surface area contributed by atoms with E-state index in [0.717, 1.165) is 34.9 Å². The van der Waals surface area contributed by atoms with Crippen LogP contribution in [0.3, 0.4) is 0 Å². The second-order valence-corrected chi connectivity index (χ2v) is 7.30. The Labute approximate surface area is 144 Å². The first-order chi connectivity index (χ1) is 11.0. The molecule has 23 heavy (non-hydrogen) atoms. The smallest absolute Gasteiger partial charge is 0.236 e. The van der Waals surface area contributed by atoms with Gasteiger partial charge in [-0.1, -0.05) is 30.3 Å². The monoisotopic (exact) mass is 354 g/mol. The molecule has 0 saturated heterocycles. The number of amides is 1. The molecule has 1 amide bonds. The van der Waals surface area contributed by atoms with Crippen molar-refractivity contribution in [2.24, 2.45) is 0 Å². The minimum absolute atomic E-state index is 0.0611. The van der Waals surface area contributed by atoms with Gasteiger partial charge in [-0.15, -0.1) is 22.0 Å². The number of hydrogen-bond acceptors (Lipinski definition) is 7. The lowest BCUT2D eigenvalue weighted by Gasteiger charge is -2.05. The normalized spacial score (nSPS) is 11.2. The second kappa shape index (κ2) is 8.44. The standard InChI is InChI=1S/C15H22N4O2S2/c1-5-11(6-2)14-17-18-15(23-14)16-13(20)8-22-7-12-9(3)19-21-10(12)4/h11H,5-8H2,1-4H3,(H,16,18,20). The van der Waals surface area contributed by atoms with E-state index in [0.29, 0.717) is 22.6 Å². The molecule has 0 bridgehead atoms. The van der Waals surface area contributed by atoms with Crippen LogP contribution in [0.5, 0.6) is 0 Å². The zero-order valence-corrected chi connectivity index (χ0v) is 15.5. The van der Waals surface area contributed by atoms with E-state index < -0.39 is 0 Å². The van der Waals surface area contributed by atoms with Gasteiger partial charge in [0.2, 0.25) is 11.0 Å². The predicted octanol–water partition coefficient (Wildman–Crippen LogP) is 3.92. The number of nitrogens with zero attached hydrogens (tertiary/aromatic N) is 3. The second-order valence-electron chi connectivity index (χ2n) is 5.30. The number of anilines is 1. The van der Waals surface area contributed by atoms with E-state index in [9.17, 15) is 4.79 Å². The van der Waals surface area contributed by atoms with Gasteiger partial charge in [-0.3, -0.25) is 10.1 Å². The average Bonchev–Trinajstić information content (AvgIpc) is 3.10. The summed E-state index contributed by atoms with van der Waals surface area (Å²) >= 11 is 3.00. The average molecular weight is 355 g/mol. The van der Waals surface area contributed by atoms with Crippen LogP contribution < -0.4 is 5.32 Å². The van der Waals surface area contributed by atoms with Crippen molar-refractivity contribution in [2.75, 3.05) is 11.1 Å². The van der Waals surface area contributed by atoms with E-state index in [4.69, 9.17) is 4.52 Å². The van der Waals surface area contributed by atoms with E-state index in [-0.39, 0.29) is 5.91 Å². The molecule has 2 aromatic heterocycles. The molecule has 2 aromatic rings. The number of carbonyl (C=O) groups is 1. The first-order valence-electron chi connectivity index (χ1n) is 7.67. The summed E-state index contributed by atoms with van der Waals surface area (Å²) in [4.78, 5) is 12.0. The molecule has 0 aliphatic rings. The number of aryl methyl sites for hydroxylation is 2. The van der Waals surface area contributed by atoms with Crippen molar-refractivity contribution in [3.8, 4) is 0 Å². The van der Waals surface area contributed by atoms with Gasteiger partial charge in [0.1, 0.15) is 10.8 Å². The molecule has 0 saturated carbocycles. The van der Waals surface area contributed by atoms with Crippen molar-refractivity contribution in [3.63, 3.8) is 0 Å². The van der Waals surface area contributed by atoms with Crippen LogP contribution in [0.2, 0.25) is 0 Å². The van der Waals surface area contributed by atoms with Gasteiger partial charge >= 0.3 is 0 Å². The van der Waals surface area contributed by atoms with Gasteiger partial charge in [-0.2, -0.15) is 0 Å². The number of nitrogens with one attached hydrogen (secondary N) is 1. The van der Waals surface area contributed by atoms with E-state index in [1.807, 2.05) is 13.8 Å². The summed E-state index contributed by atoms with van der Waals surface area (Å²) < 4.78 is 5.11. The maximum absolute atomic E-state index is 12.0. The molecule has 0 unspecified atom stereocenters. The molecule has 0 aliphatic heterocycles. The molecule has 0 aromatic carbocycles. The molecule has 2 heterocycles. The Morgan fingerprint density at radius 1 is 1.30 bits per heavy atom. The third-order valence-corrected chi connectivity index (χ3v) is 5.64. The van der Waals surface area contributed by atoms with E-state index in [2.05, 4.69) is 34.5 Å². The fourth-order valence-corrected chi connectivity index (χ4v) is 4.20. The summed E-state index contributed by atoms with van der Waals surface area (Å²) in [5.74, 6) is 2.25. The van der Waals surface area contributed by atoms with Gasteiger partial charge < -0.3 is 4.52 Å². The van der Waals surface area contributed by atoms with Gasteiger partial charge in [0, 0.05) is 17.2 Å². The maximum atomic E-state index is 12.0. The quantitative estimate of drug-likeness (QED) is 0.774. The summed E-state index contributed by atoms with van der Waals surface area (Å²) in [6.45, 7) is 8.07. The third kappa shape index (κ3) is 4.78. The molecule has 6 nitrogen and oxygen atoms in total. The Hall–Kier alpha value is -1.41.